The molecule has 0 heterocycles. The summed E-state index contributed by atoms with van der Waals surface area (Å²) in [5.74, 6) is 0. The van der Waals surface area contributed by atoms with Gasteiger partial charge in [0, 0.05) is 0 Å². The van der Waals surface area contributed by atoms with Crippen LogP contribution in [0.2, 0.25) is 0 Å². The summed E-state index contributed by atoms with van der Waals surface area (Å²) >= 11 is 0. The van der Waals surface area contributed by atoms with Crippen LogP contribution in [0.25, 0.3) is 0 Å². The van der Waals surface area contributed by atoms with E-state index in [1.54, 1.807) is 0 Å². The molecule has 0 atom stereocenters. The van der Waals surface area contributed by atoms with Crippen molar-refractivity contribution in [3.63, 3.8) is 0 Å². The van der Waals surface area contributed by atoms with Crippen LogP contribution in [0.1, 0.15) is 0 Å². The molecule has 0 rings (SSSR count). The SMILES string of the molecule is O=N[O-].[GeH3+]. The van der Waals surface area contributed by atoms with E-state index in [0.29, 0.717) is 0 Å². The van der Waals surface area contributed by atoms with Crippen molar-refractivity contribution in [3.8, 4) is 0 Å². The summed E-state index contributed by atoms with van der Waals surface area (Å²) in [6, 6.07) is 0. The van der Waals surface area contributed by atoms with Gasteiger partial charge in [-0.05, 0) is 0 Å². The molecule has 0 aromatic rings. The number of hydrogen-bond acceptors (Lipinski definition) is 3. The fourth-order valence-electron chi connectivity index (χ4n) is 0. The van der Waals surface area contributed by atoms with Crippen molar-refractivity contribution in [2.75, 3.05) is 0 Å². The zero-order chi connectivity index (χ0) is 2.71. The predicted octanol–water partition coefficient (Wildman–Crippen LogP) is -0.933. The van der Waals surface area contributed by atoms with Crippen LogP contribution < -0.4 is 0 Å². The zero-order valence-electron chi connectivity index (χ0n) is 2.26. The van der Waals surface area contributed by atoms with Gasteiger partial charge in [0.2, 0.25) is 0 Å². The molecule has 0 saturated carbocycles. The molecule has 0 aliphatic carbocycles. The van der Waals surface area contributed by atoms with Crippen LogP contribution in [-0.4, -0.2) is 17.6 Å². The van der Waals surface area contributed by atoms with Crippen molar-refractivity contribution in [1.29, 1.82) is 0 Å². The molecule has 4 heteroatoms. The van der Waals surface area contributed by atoms with Crippen LogP contribution in [0.3, 0.4) is 0 Å². The Labute approximate surface area is 33.9 Å². The molecule has 0 unspecified atom stereocenters. The van der Waals surface area contributed by atoms with E-state index in [0.717, 1.165) is 5.34 Å². The van der Waals surface area contributed by atoms with Gasteiger partial charge in [0.1, 0.15) is 0 Å². The van der Waals surface area contributed by atoms with Crippen LogP contribution in [0.15, 0.2) is 5.34 Å². The molecule has 0 aliphatic heterocycles. The average Bonchev–Trinajstić information content (AvgIpc) is 0.918. The molecule has 24 valence electrons. The number of rotatable bonds is 0. The van der Waals surface area contributed by atoms with Gasteiger partial charge < -0.3 is 10.1 Å². The van der Waals surface area contributed by atoms with E-state index < -0.39 is 0 Å². The first-order valence-corrected chi connectivity index (χ1v) is 0.365. The maximum atomic E-state index is 8.00. The van der Waals surface area contributed by atoms with Crippen molar-refractivity contribution in [2.24, 2.45) is 5.34 Å². The molecule has 0 amide bonds. The third-order valence-electron chi connectivity index (χ3n) is 0. The van der Waals surface area contributed by atoms with E-state index in [2.05, 4.69) is 0 Å². The van der Waals surface area contributed by atoms with Gasteiger partial charge in [-0.1, -0.05) is 0 Å². The van der Waals surface area contributed by atoms with Crippen LogP contribution in [0.5, 0.6) is 0 Å². The van der Waals surface area contributed by atoms with Crippen LogP contribution >= 0.6 is 0 Å². The Morgan fingerprint density at radius 1 is 1.75 bits per heavy atom. The van der Waals surface area contributed by atoms with E-state index in [-0.39, 0.29) is 17.6 Å². The van der Waals surface area contributed by atoms with Gasteiger partial charge in [-0.3, -0.25) is 0 Å². The molecule has 0 aromatic heterocycles. The van der Waals surface area contributed by atoms with Crippen molar-refractivity contribution in [3.05, 3.63) is 10.1 Å². The summed E-state index contributed by atoms with van der Waals surface area (Å²) in [5, 5.41) is 9.00. The summed E-state index contributed by atoms with van der Waals surface area (Å²) in [7, 11) is 0. The van der Waals surface area contributed by atoms with Gasteiger partial charge >= 0.3 is 17.6 Å². The van der Waals surface area contributed by atoms with Crippen LogP contribution in [-0.2, 0) is 0 Å². The molecule has 0 fully saturated rings. The Balaban J connectivity index is 0. The third-order valence-corrected chi connectivity index (χ3v) is 0. The summed E-state index contributed by atoms with van der Waals surface area (Å²) in [5.41, 5.74) is 0. The van der Waals surface area contributed by atoms with Gasteiger partial charge in [-0.2, -0.15) is 0 Å². The monoisotopic (exact) mass is 123 g/mol. The second-order valence-corrected chi connectivity index (χ2v) is 0.0745. The Hall–Kier alpha value is -0.0571. The van der Waals surface area contributed by atoms with E-state index >= 15 is 0 Å². The molecule has 0 N–H and O–H groups in total. The molecule has 0 spiro atoms. The van der Waals surface area contributed by atoms with Gasteiger partial charge in [-0.25, -0.2) is 0 Å². The van der Waals surface area contributed by atoms with Crippen molar-refractivity contribution >= 4 is 17.6 Å². The molecule has 0 aromatic carbocycles. The first-order chi connectivity index (χ1) is 1.41. The summed E-state index contributed by atoms with van der Waals surface area (Å²) < 4.78 is 0. The maximum absolute atomic E-state index is 8.00. The normalized spacial score (nSPS) is 3.00. The molecule has 0 saturated heterocycles. The minimum absolute atomic E-state index is 0. The number of nitrogens with zero attached hydrogens (tertiary/aromatic N) is 1. The summed E-state index contributed by atoms with van der Waals surface area (Å²) in [6.45, 7) is 0. The third kappa shape index (κ3) is 529. The molecule has 4 heavy (non-hydrogen) atoms. The minimum atomic E-state index is 0. The van der Waals surface area contributed by atoms with E-state index in [1.165, 1.54) is 0 Å². The fourth-order valence-corrected chi connectivity index (χ4v) is 0. The molecular formula is H3GeNO2. The zero-order valence-corrected chi connectivity index (χ0v) is 6.46. The predicted molar refractivity (Wildman–Crippen MR) is 19.1 cm³/mol. The Morgan fingerprint density at radius 3 is 1.75 bits per heavy atom. The Bertz CT molecular complexity index is 13.5. The Morgan fingerprint density at radius 2 is 1.75 bits per heavy atom. The quantitative estimate of drug-likeness (QED) is 0.236. The molecule has 3 nitrogen and oxygen atoms in total. The van der Waals surface area contributed by atoms with Crippen molar-refractivity contribution in [2.45, 2.75) is 0 Å². The van der Waals surface area contributed by atoms with Crippen LogP contribution in [0, 0.1) is 10.1 Å². The van der Waals surface area contributed by atoms with E-state index in [1.807, 2.05) is 0 Å². The summed E-state index contributed by atoms with van der Waals surface area (Å²) in [6.07, 6.45) is 0. The molecule has 0 radical (unpaired) electrons. The van der Waals surface area contributed by atoms with Crippen molar-refractivity contribution in [1.82, 2.24) is 0 Å². The molecule has 0 bridgehead atoms. The Kier molecular flexibility index (Phi) is 28.3. The molecular weight excluding hydrogens is 119 g/mol. The topological polar surface area (TPSA) is 52.5 Å². The molecule has 0 aliphatic rings. The van der Waals surface area contributed by atoms with Gasteiger partial charge in [0.25, 0.3) is 0 Å². The first-order valence-electron chi connectivity index (χ1n) is 0.365. The van der Waals surface area contributed by atoms with Crippen molar-refractivity contribution < 1.29 is 0 Å². The van der Waals surface area contributed by atoms with Gasteiger partial charge in [0.15, 0.2) is 0 Å². The average molecular weight is 122 g/mol. The second-order valence-electron chi connectivity index (χ2n) is 0.0745. The fraction of sp³-hybridized carbons (Fsp3) is 0. The van der Waals surface area contributed by atoms with E-state index in [4.69, 9.17) is 10.1 Å². The van der Waals surface area contributed by atoms with Gasteiger partial charge in [0.05, 0.1) is 0 Å². The summed E-state index contributed by atoms with van der Waals surface area (Å²) in [4.78, 5) is 8.00. The number of hydrogen-bond donors (Lipinski definition) is 0. The standard InChI is InChI=1S/GeH3.HNO2/c;2-1-3/h1H3;(H,2,3)/q+1;/p-1. The van der Waals surface area contributed by atoms with Crippen LogP contribution in [0.4, 0.5) is 0 Å². The van der Waals surface area contributed by atoms with E-state index in [9.17, 15) is 0 Å². The second kappa shape index (κ2) is 12.5. The first kappa shape index (κ1) is 9.05. The van der Waals surface area contributed by atoms with Gasteiger partial charge in [-0.15, -0.1) is 5.34 Å².